The smallest absolute Gasteiger partial charge is 0.387 e. The molecule has 70 valence electrons. The maximum absolute atomic E-state index is 10.9. The van der Waals surface area contributed by atoms with Crippen LogP contribution < -0.4 is 0 Å². The standard InChI is InChI=1S/C3H6ClF.C2H3F3O/c4-2-1-3-5;3-2(4,5)1-6/h1-3H2;6H,1H2. The first-order chi connectivity index (χ1) is 4.97. The average molecular weight is 197 g/mol. The van der Waals surface area contributed by atoms with E-state index in [1.807, 2.05) is 0 Å². The first kappa shape index (κ1) is 13.6. The maximum Gasteiger partial charge on any atom is 0.411 e. The molecule has 0 rings (SSSR count). The lowest BCUT2D eigenvalue weighted by Crippen LogP contribution is -2.12. The molecule has 0 saturated heterocycles. The van der Waals surface area contributed by atoms with E-state index in [0.717, 1.165) is 0 Å². The normalized spacial score (nSPS) is 10.4. The molecule has 6 heteroatoms. The predicted octanol–water partition coefficient (Wildman–Crippen LogP) is 2.13. The summed E-state index contributed by atoms with van der Waals surface area (Å²) in [5, 5.41) is 7.28. The summed E-state index contributed by atoms with van der Waals surface area (Å²) in [5.74, 6) is 0.441. The van der Waals surface area contributed by atoms with E-state index >= 15 is 0 Å². The van der Waals surface area contributed by atoms with Crippen molar-refractivity contribution in [3.63, 3.8) is 0 Å². The molecule has 0 amide bonds. The summed E-state index contributed by atoms with van der Waals surface area (Å²) in [7, 11) is 0. The fourth-order valence-electron chi connectivity index (χ4n) is 0.0505. The number of rotatable bonds is 2. The van der Waals surface area contributed by atoms with Crippen LogP contribution in [-0.2, 0) is 0 Å². The molecule has 0 aliphatic heterocycles. The van der Waals surface area contributed by atoms with Gasteiger partial charge in [0.2, 0.25) is 0 Å². The Bertz CT molecular complexity index is 73.4. The van der Waals surface area contributed by atoms with Crippen molar-refractivity contribution in [3.8, 4) is 0 Å². The van der Waals surface area contributed by atoms with Crippen molar-refractivity contribution >= 4 is 11.6 Å². The molecule has 0 radical (unpaired) electrons. The largest absolute Gasteiger partial charge is 0.411 e. The summed E-state index contributed by atoms with van der Waals surface area (Å²) < 4.78 is 42.5. The van der Waals surface area contributed by atoms with Gasteiger partial charge in [-0.2, -0.15) is 13.2 Å². The van der Waals surface area contributed by atoms with Crippen molar-refractivity contribution in [2.45, 2.75) is 12.6 Å². The van der Waals surface area contributed by atoms with Gasteiger partial charge in [0.1, 0.15) is 6.61 Å². The van der Waals surface area contributed by atoms with Crippen LogP contribution >= 0.6 is 11.6 Å². The van der Waals surface area contributed by atoms with E-state index in [0.29, 0.717) is 12.3 Å². The van der Waals surface area contributed by atoms with Crippen LogP contribution in [0.2, 0.25) is 0 Å². The molecule has 0 aromatic rings. The summed E-state index contributed by atoms with van der Waals surface area (Å²) in [4.78, 5) is 0. The minimum Gasteiger partial charge on any atom is -0.387 e. The van der Waals surface area contributed by atoms with Crippen molar-refractivity contribution in [3.05, 3.63) is 0 Å². The highest BCUT2D eigenvalue weighted by Crippen LogP contribution is 2.11. The number of aliphatic hydroxyl groups excluding tert-OH is 1. The van der Waals surface area contributed by atoms with E-state index in [9.17, 15) is 17.6 Å². The van der Waals surface area contributed by atoms with Gasteiger partial charge in [-0.25, -0.2) is 0 Å². The average Bonchev–Trinajstić information content (AvgIpc) is 1.90. The first-order valence-corrected chi connectivity index (χ1v) is 3.31. The van der Waals surface area contributed by atoms with Gasteiger partial charge in [-0.1, -0.05) is 0 Å². The molecule has 0 atom stereocenters. The Morgan fingerprint density at radius 1 is 1.27 bits per heavy atom. The van der Waals surface area contributed by atoms with Crippen LogP contribution in [0.4, 0.5) is 17.6 Å². The fourth-order valence-corrected chi connectivity index (χ4v) is 0.152. The minimum atomic E-state index is -4.40. The molecule has 1 N–H and O–H groups in total. The van der Waals surface area contributed by atoms with Gasteiger partial charge in [-0.3, -0.25) is 4.39 Å². The SMILES string of the molecule is FCCCCl.OCC(F)(F)F. The number of hydrogen-bond acceptors (Lipinski definition) is 1. The predicted molar refractivity (Wildman–Crippen MR) is 34.5 cm³/mol. The van der Waals surface area contributed by atoms with Crippen molar-refractivity contribution < 1.29 is 22.7 Å². The van der Waals surface area contributed by atoms with Crippen LogP contribution in [0.1, 0.15) is 6.42 Å². The molecule has 0 aliphatic rings. The number of hydrogen-bond donors (Lipinski definition) is 1. The third-order valence-electron chi connectivity index (χ3n) is 0.447. The van der Waals surface area contributed by atoms with Crippen LogP contribution in [0.25, 0.3) is 0 Å². The van der Waals surface area contributed by atoms with Gasteiger partial charge in [0.15, 0.2) is 0 Å². The van der Waals surface area contributed by atoms with E-state index in [1.165, 1.54) is 0 Å². The van der Waals surface area contributed by atoms with Gasteiger partial charge in [0.05, 0.1) is 6.67 Å². The van der Waals surface area contributed by atoms with Crippen molar-refractivity contribution in [2.24, 2.45) is 0 Å². The summed E-state index contributed by atoms with van der Waals surface area (Å²) in [5.41, 5.74) is 0. The lowest BCUT2D eigenvalue weighted by molar-refractivity contribution is -0.159. The maximum atomic E-state index is 10.9. The molecular formula is C5H9ClF4O. The van der Waals surface area contributed by atoms with E-state index < -0.39 is 12.8 Å². The third kappa shape index (κ3) is 25.6. The van der Waals surface area contributed by atoms with Crippen LogP contribution in [0, 0.1) is 0 Å². The summed E-state index contributed by atoms with van der Waals surface area (Å²) in [6.45, 7) is -2.02. The Labute approximate surface area is 67.0 Å². The lowest BCUT2D eigenvalue weighted by atomic mass is 10.6. The molecule has 0 unspecified atom stereocenters. The van der Waals surface area contributed by atoms with Gasteiger partial charge in [0, 0.05) is 5.88 Å². The van der Waals surface area contributed by atoms with E-state index in [4.69, 9.17) is 16.7 Å². The van der Waals surface area contributed by atoms with Gasteiger partial charge < -0.3 is 5.11 Å². The molecule has 1 nitrogen and oxygen atoms in total. The molecular weight excluding hydrogens is 187 g/mol. The highest BCUT2D eigenvalue weighted by Gasteiger charge is 2.24. The Morgan fingerprint density at radius 2 is 1.64 bits per heavy atom. The van der Waals surface area contributed by atoms with Crippen molar-refractivity contribution in [1.29, 1.82) is 0 Å². The quantitative estimate of drug-likeness (QED) is 0.530. The van der Waals surface area contributed by atoms with Gasteiger partial charge in [-0.05, 0) is 6.42 Å². The topological polar surface area (TPSA) is 20.2 Å². The van der Waals surface area contributed by atoms with Crippen LogP contribution in [0.5, 0.6) is 0 Å². The zero-order valence-corrected chi connectivity index (χ0v) is 6.42. The molecule has 0 saturated carbocycles. The number of halogens is 5. The summed E-state index contributed by atoms with van der Waals surface area (Å²) in [6.07, 6.45) is -3.92. The zero-order chi connectivity index (χ0) is 9.33. The Kier molecular flexibility index (Phi) is 9.94. The molecule has 0 fully saturated rings. The van der Waals surface area contributed by atoms with Gasteiger partial charge >= 0.3 is 6.18 Å². The third-order valence-corrected chi connectivity index (χ3v) is 0.714. The van der Waals surface area contributed by atoms with Crippen molar-refractivity contribution in [1.82, 2.24) is 0 Å². The second-order valence-electron chi connectivity index (χ2n) is 1.50. The van der Waals surface area contributed by atoms with Crippen LogP contribution in [-0.4, -0.2) is 30.4 Å². The van der Waals surface area contributed by atoms with E-state index in [2.05, 4.69) is 0 Å². The first-order valence-electron chi connectivity index (χ1n) is 2.77. The number of aliphatic hydroxyl groups is 1. The lowest BCUT2D eigenvalue weighted by Gasteiger charge is -1.95. The molecule has 0 heterocycles. The highest BCUT2D eigenvalue weighted by atomic mass is 35.5. The fraction of sp³-hybridized carbons (Fsp3) is 1.00. The van der Waals surface area contributed by atoms with E-state index in [-0.39, 0.29) is 6.67 Å². The second kappa shape index (κ2) is 8.07. The molecule has 0 aromatic heterocycles. The summed E-state index contributed by atoms with van der Waals surface area (Å²) in [6, 6.07) is 0. The molecule has 0 bridgehead atoms. The molecule has 11 heavy (non-hydrogen) atoms. The van der Waals surface area contributed by atoms with Gasteiger partial charge in [-0.15, -0.1) is 11.6 Å². The van der Waals surface area contributed by atoms with Crippen LogP contribution in [0.15, 0.2) is 0 Å². The monoisotopic (exact) mass is 196 g/mol. The Morgan fingerprint density at radius 3 is 1.64 bits per heavy atom. The van der Waals surface area contributed by atoms with Crippen LogP contribution in [0.3, 0.4) is 0 Å². The zero-order valence-electron chi connectivity index (χ0n) is 5.67. The number of alkyl halides is 5. The van der Waals surface area contributed by atoms with Crippen molar-refractivity contribution in [2.75, 3.05) is 19.2 Å². The van der Waals surface area contributed by atoms with Gasteiger partial charge in [0.25, 0.3) is 0 Å². The summed E-state index contributed by atoms with van der Waals surface area (Å²) >= 11 is 5.06. The molecule has 0 aromatic carbocycles. The molecule has 0 spiro atoms. The minimum absolute atomic E-state index is 0.288. The highest BCUT2D eigenvalue weighted by molar-refractivity contribution is 6.17. The Hall–Kier alpha value is -0.0300. The Balaban J connectivity index is 0. The second-order valence-corrected chi connectivity index (χ2v) is 1.88. The van der Waals surface area contributed by atoms with E-state index in [1.54, 1.807) is 0 Å². The molecule has 0 aliphatic carbocycles.